The molecule has 20 heavy (non-hydrogen) atoms. The van der Waals surface area contributed by atoms with Crippen LogP contribution in [0.2, 0.25) is 0 Å². The van der Waals surface area contributed by atoms with E-state index in [0.717, 1.165) is 6.54 Å². The van der Waals surface area contributed by atoms with Gasteiger partial charge in [0.15, 0.2) is 0 Å². The summed E-state index contributed by atoms with van der Waals surface area (Å²) in [5.41, 5.74) is 0.676. The summed E-state index contributed by atoms with van der Waals surface area (Å²) in [6.07, 6.45) is 6.67. The number of nitrogens with one attached hydrogen (secondary N) is 1. The van der Waals surface area contributed by atoms with Gasteiger partial charge in [-0.15, -0.1) is 0 Å². The topological polar surface area (TPSA) is 12.0 Å². The molecule has 1 nitrogen and oxygen atoms in total. The molecular weight excluding hydrogens is 256 g/mol. The van der Waals surface area contributed by atoms with E-state index < -0.39 is 0 Å². The molecule has 3 heteroatoms. The summed E-state index contributed by atoms with van der Waals surface area (Å²) in [5.74, 6) is -0.654. The van der Waals surface area contributed by atoms with E-state index in [0.29, 0.717) is 12.0 Å². The third-order valence-electron chi connectivity index (χ3n) is 4.72. The molecule has 0 radical (unpaired) electrons. The van der Waals surface area contributed by atoms with Gasteiger partial charge in [-0.3, -0.25) is 0 Å². The molecule has 0 bridgehead atoms. The Morgan fingerprint density at radius 2 is 1.90 bits per heavy atom. The maximum atomic E-state index is 13.9. The standard InChI is InChI=1S/C17H25F2N/c1-3-20-16(17(2)9-5-4-6-10-17)12-13-11-14(18)7-8-15(13)19/h7-8,11,16,20H,3-6,9-10,12H2,1-2H3. The highest BCUT2D eigenvalue weighted by molar-refractivity contribution is 5.20. The highest BCUT2D eigenvalue weighted by atomic mass is 19.1. The normalized spacial score (nSPS) is 19.8. The molecule has 1 unspecified atom stereocenters. The van der Waals surface area contributed by atoms with Gasteiger partial charge in [0.1, 0.15) is 11.6 Å². The Labute approximate surface area is 120 Å². The van der Waals surface area contributed by atoms with E-state index in [1.54, 1.807) is 0 Å². The fourth-order valence-corrected chi connectivity index (χ4v) is 3.44. The molecule has 0 saturated heterocycles. The fraction of sp³-hybridized carbons (Fsp3) is 0.647. The van der Waals surface area contributed by atoms with Crippen molar-refractivity contribution in [2.45, 2.75) is 58.4 Å². The zero-order chi connectivity index (χ0) is 14.6. The third kappa shape index (κ3) is 3.57. The molecule has 0 spiro atoms. The Bertz CT molecular complexity index is 439. The van der Waals surface area contributed by atoms with Crippen molar-refractivity contribution in [3.8, 4) is 0 Å². The lowest BCUT2D eigenvalue weighted by atomic mass is 9.69. The van der Waals surface area contributed by atoms with E-state index in [2.05, 4.69) is 19.2 Å². The van der Waals surface area contributed by atoms with Gasteiger partial charge in [-0.1, -0.05) is 33.1 Å². The van der Waals surface area contributed by atoms with Crippen LogP contribution in [0, 0.1) is 17.0 Å². The monoisotopic (exact) mass is 281 g/mol. The highest BCUT2D eigenvalue weighted by Crippen LogP contribution is 2.40. The van der Waals surface area contributed by atoms with E-state index in [-0.39, 0.29) is 23.1 Å². The smallest absolute Gasteiger partial charge is 0.126 e. The summed E-state index contributed by atoms with van der Waals surface area (Å²) in [7, 11) is 0. The number of benzene rings is 1. The Morgan fingerprint density at radius 3 is 2.55 bits per heavy atom. The van der Waals surface area contributed by atoms with Crippen molar-refractivity contribution in [1.29, 1.82) is 0 Å². The molecule has 1 atom stereocenters. The van der Waals surface area contributed by atoms with Crippen LogP contribution >= 0.6 is 0 Å². The third-order valence-corrected chi connectivity index (χ3v) is 4.72. The molecule has 112 valence electrons. The van der Waals surface area contributed by atoms with Crippen LogP contribution in [-0.4, -0.2) is 12.6 Å². The molecule has 0 heterocycles. The number of rotatable bonds is 5. The van der Waals surface area contributed by atoms with Gasteiger partial charge in [0, 0.05) is 6.04 Å². The van der Waals surface area contributed by atoms with Crippen LogP contribution in [0.1, 0.15) is 51.5 Å². The van der Waals surface area contributed by atoms with Crippen molar-refractivity contribution in [2.24, 2.45) is 5.41 Å². The van der Waals surface area contributed by atoms with Crippen molar-refractivity contribution in [2.75, 3.05) is 6.54 Å². The van der Waals surface area contributed by atoms with Gasteiger partial charge in [0.25, 0.3) is 0 Å². The number of hydrogen-bond donors (Lipinski definition) is 1. The molecule has 0 aromatic heterocycles. The van der Waals surface area contributed by atoms with E-state index in [1.165, 1.54) is 50.3 Å². The van der Waals surface area contributed by atoms with Crippen molar-refractivity contribution >= 4 is 0 Å². The number of hydrogen-bond acceptors (Lipinski definition) is 1. The average molecular weight is 281 g/mol. The first-order valence-corrected chi connectivity index (χ1v) is 7.72. The lowest BCUT2D eigenvalue weighted by molar-refractivity contribution is 0.144. The second-order valence-electron chi connectivity index (χ2n) is 6.26. The van der Waals surface area contributed by atoms with Gasteiger partial charge < -0.3 is 5.32 Å². The average Bonchev–Trinajstić information content (AvgIpc) is 2.43. The molecule has 1 N–H and O–H groups in total. The summed E-state index contributed by atoms with van der Waals surface area (Å²) in [6.45, 7) is 5.22. The molecule has 0 aliphatic heterocycles. The number of halogens is 2. The second-order valence-corrected chi connectivity index (χ2v) is 6.26. The molecule has 1 aromatic rings. The molecule has 1 aromatic carbocycles. The van der Waals surface area contributed by atoms with Crippen molar-refractivity contribution in [3.05, 3.63) is 35.4 Å². The largest absolute Gasteiger partial charge is 0.313 e. The second kappa shape index (κ2) is 6.66. The van der Waals surface area contributed by atoms with Crippen LogP contribution in [0.3, 0.4) is 0 Å². The van der Waals surface area contributed by atoms with Gasteiger partial charge in [0.2, 0.25) is 0 Å². The Balaban J connectivity index is 2.18. The van der Waals surface area contributed by atoms with E-state index >= 15 is 0 Å². The molecule has 1 aliphatic rings. The Morgan fingerprint density at radius 1 is 1.20 bits per heavy atom. The zero-order valence-electron chi connectivity index (χ0n) is 12.5. The first-order valence-electron chi connectivity index (χ1n) is 7.72. The lowest BCUT2D eigenvalue weighted by Gasteiger charge is -2.41. The molecule has 1 aliphatic carbocycles. The van der Waals surface area contributed by atoms with E-state index in [4.69, 9.17) is 0 Å². The van der Waals surface area contributed by atoms with Crippen LogP contribution in [-0.2, 0) is 6.42 Å². The molecule has 2 rings (SSSR count). The molecule has 0 amide bonds. The summed E-state index contributed by atoms with van der Waals surface area (Å²) < 4.78 is 27.2. The van der Waals surface area contributed by atoms with Gasteiger partial charge in [0.05, 0.1) is 0 Å². The molecule has 1 saturated carbocycles. The van der Waals surface area contributed by atoms with Crippen LogP contribution in [0.25, 0.3) is 0 Å². The van der Waals surface area contributed by atoms with Gasteiger partial charge in [-0.25, -0.2) is 8.78 Å². The van der Waals surface area contributed by atoms with E-state index in [1.807, 2.05) is 0 Å². The summed E-state index contributed by atoms with van der Waals surface area (Å²) >= 11 is 0. The first-order chi connectivity index (χ1) is 9.55. The SMILES string of the molecule is CCNC(Cc1cc(F)ccc1F)C1(C)CCCCC1. The van der Waals surface area contributed by atoms with Crippen LogP contribution in [0.5, 0.6) is 0 Å². The van der Waals surface area contributed by atoms with Crippen molar-refractivity contribution < 1.29 is 8.78 Å². The summed E-state index contributed by atoms with van der Waals surface area (Å²) in [5, 5.41) is 3.50. The summed E-state index contributed by atoms with van der Waals surface area (Å²) in [6, 6.07) is 3.97. The highest BCUT2D eigenvalue weighted by Gasteiger charge is 2.35. The quantitative estimate of drug-likeness (QED) is 0.840. The lowest BCUT2D eigenvalue weighted by Crippen LogP contribution is -2.46. The molecule has 1 fully saturated rings. The predicted molar refractivity (Wildman–Crippen MR) is 78.7 cm³/mol. The van der Waals surface area contributed by atoms with Gasteiger partial charge >= 0.3 is 0 Å². The zero-order valence-corrected chi connectivity index (χ0v) is 12.5. The van der Waals surface area contributed by atoms with Crippen LogP contribution in [0.15, 0.2) is 18.2 Å². The van der Waals surface area contributed by atoms with Crippen molar-refractivity contribution in [1.82, 2.24) is 5.32 Å². The van der Waals surface area contributed by atoms with E-state index in [9.17, 15) is 8.78 Å². The summed E-state index contributed by atoms with van der Waals surface area (Å²) in [4.78, 5) is 0. The Hall–Kier alpha value is -0.960. The van der Waals surface area contributed by atoms with Crippen LogP contribution in [0.4, 0.5) is 8.78 Å². The minimum absolute atomic E-state index is 0.188. The van der Waals surface area contributed by atoms with Gasteiger partial charge in [-0.2, -0.15) is 0 Å². The minimum atomic E-state index is -0.356. The predicted octanol–water partition coefficient (Wildman–Crippen LogP) is 4.46. The minimum Gasteiger partial charge on any atom is -0.313 e. The maximum absolute atomic E-state index is 13.9. The van der Waals surface area contributed by atoms with Crippen molar-refractivity contribution in [3.63, 3.8) is 0 Å². The molecular formula is C17H25F2N. The van der Waals surface area contributed by atoms with Crippen LogP contribution < -0.4 is 5.32 Å². The maximum Gasteiger partial charge on any atom is 0.126 e. The first kappa shape index (κ1) is 15.4. The fourth-order valence-electron chi connectivity index (χ4n) is 3.44. The Kier molecular flexibility index (Phi) is 5.14. The van der Waals surface area contributed by atoms with Gasteiger partial charge in [-0.05, 0) is 55.0 Å². The number of likely N-dealkylation sites (N-methyl/N-ethyl adjacent to an activating group) is 1.